The summed E-state index contributed by atoms with van der Waals surface area (Å²) in [5, 5.41) is 12.4. The van der Waals surface area contributed by atoms with Crippen LogP contribution in [0.3, 0.4) is 0 Å². The highest BCUT2D eigenvalue weighted by molar-refractivity contribution is 7.99. The molecule has 2 heterocycles. The van der Waals surface area contributed by atoms with E-state index in [0.717, 1.165) is 35.3 Å². The summed E-state index contributed by atoms with van der Waals surface area (Å²) in [6.45, 7) is 0. The van der Waals surface area contributed by atoms with Gasteiger partial charge in [-0.1, -0.05) is 31.0 Å². The average Bonchev–Trinajstić information content (AvgIpc) is 3.43. The van der Waals surface area contributed by atoms with Gasteiger partial charge >= 0.3 is 0 Å². The molecule has 0 spiro atoms. The number of aromatic nitrogens is 3. The highest BCUT2D eigenvalue weighted by Gasteiger charge is 2.25. The van der Waals surface area contributed by atoms with Crippen LogP contribution in [0.5, 0.6) is 5.75 Å². The lowest BCUT2D eigenvalue weighted by atomic mass is 9.95. The fraction of sp³-hybridized carbons (Fsp3) is 0.381. The second-order valence-electron chi connectivity index (χ2n) is 7.01. The summed E-state index contributed by atoms with van der Waals surface area (Å²) in [6.07, 6.45) is 7.49. The number of thioether (sulfide) groups is 1. The molecule has 29 heavy (non-hydrogen) atoms. The Kier molecular flexibility index (Phi) is 6.19. The Hall–Kier alpha value is -2.74. The van der Waals surface area contributed by atoms with Crippen molar-refractivity contribution in [3.63, 3.8) is 0 Å². The monoisotopic (exact) mass is 412 g/mol. The van der Waals surface area contributed by atoms with Gasteiger partial charge in [0.15, 0.2) is 10.9 Å². The Morgan fingerprint density at radius 3 is 2.69 bits per heavy atom. The summed E-state index contributed by atoms with van der Waals surface area (Å²) < 4.78 is 12.9. The molecule has 1 amide bonds. The van der Waals surface area contributed by atoms with Crippen molar-refractivity contribution >= 4 is 23.4 Å². The standard InChI is InChI=1S/C21H24N4O3S/c1-27-17-11-9-15(10-12-17)22-19(26)14-29-21-24-23-20(18-8-5-13-28-18)25(21)16-6-3-2-4-7-16/h5,8-13,16H,2-4,6-7,14H2,1H3,(H,22,26). The van der Waals surface area contributed by atoms with Crippen LogP contribution in [-0.4, -0.2) is 33.5 Å². The lowest BCUT2D eigenvalue weighted by Gasteiger charge is -2.25. The minimum absolute atomic E-state index is 0.0853. The van der Waals surface area contributed by atoms with Crippen molar-refractivity contribution in [2.24, 2.45) is 0 Å². The van der Waals surface area contributed by atoms with Crippen molar-refractivity contribution in [3.05, 3.63) is 42.7 Å². The molecule has 0 aliphatic heterocycles. The Morgan fingerprint density at radius 2 is 2.00 bits per heavy atom. The summed E-state index contributed by atoms with van der Waals surface area (Å²) in [4.78, 5) is 12.4. The molecular formula is C21H24N4O3S. The number of hydrogen-bond donors (Lipinski definition) is 1. The summed E-state index contributed by atoms with van der Waals surface area (Å²) in [5.74, 6) is 2.37. The van der Waals surface area contributed by atoms with E-state index < -0.39 is 0 Å². The number of ether oxygens (including phenoxy) is 1. The van der Waals surface area contributed by atoms with Crippen molar-refractivity contribution in [2.45, 2.75) is 43.3 Å². The van der Waals surface area contributed by atoms with Crippen molar-refractivity contribution in [1.82, 2.24) is 14.8 Å². The third-order valence-electron chi connectivity index (χ3n) is 5.05. The number of nitrogens with one attached hydrogen (secondary N) is 1. The van der Waals surface area contributed by atoms with Gasteiger partial charge in [-0.25, -0.2) is 0 Å². The summed E-state index contributed by atoms with van der Waals surface area (Å²) in [7, 11) is 1.61. The number of amides is 1. The van der Waals surface area contributed by atoms with Crippen LogP contribution >= 0.6 is 11.8 Å². The number of benzene rings is 1. The molecule has 7 nitrogen and oxygen atoms in total. The van der Waals surface area contributed by atoms with E-state index in [4.69, 9.17) is 9.15 Å². The Balaban J connectivity index is 1.46. The van der Waals surface area contributed by atoms with E-state index in [1.807, 2.05) is 36.4 Å². The van der Waals surface area contributed by atoms with Crippen LogP contribution in [0, 0.1) is 0 Å². The van der Waals surface area contributed by atoms with Crippen molar-refractivity contribution < 1.29 is 13.9 Å². The molecule has 0 radical (unpaired) electrons. The van der Waals surface area contributed by atoms with Crippen molar-refractivity contribution in [3.8, 4) is 17.3 Å². The molecule has 1 aliphatic rings. The molecule has 152 valence electrons. The van der Waals surface area contributed by atoms with Crippen LogP contribution in [0.4, 0.5) is 5.69 Å². The van der Waals surface area contributed by atoms with Gasteiger partial charge in [-0.3, -0.25) is 9.36 Å². The number of carbonyl (C=O) groups is 1. The molecule has 1 fully saturated rings. The summed E-state index contributed by atoms with van der Waals surface area (Å²) in [6, 6.07) is 11.4. The van der Waals surface area contributed by atoms with Gasteiger partial charge in [0, 0.05) is 11.7 Å². The Labute approximate surface area is 173 Å². The molecule has 0 bridgehead atoms. The zero-order chi connectivity index (χ0) is 20.1. The molecule has 1 aliphatic carbocycles. The fourth-order valence-electron chi connectivity index (χ4n) is 3.62. The fourth-order valence-corrected chi connectivity index (χ4v) is 4.42. The average molecular weight is 413 g/mol. The number of methoxy groups -OCH3 is 1. The maximum Gasteiger partial charge on any atom is 0.234 e. The SMILES string of the molecule is COc1ccc(NC(=O)CSc2nnc(-c3ccco3)n2C2CCCCC2)cc1. The number of rotatable bonds is 7. The largest absolute Gasteiger partial charge is 0.497 e. The minimum Gasteiger partial charge on any atom is -0.497 e. The molecule has 0 atom stereocenters. The first kappa shape index (κ1) is 19.6. The van der Waals surface area contributed by atoms with Gasteiger partial charge in [-0.15, -0.1) is 10.2 Å². The first-order chi connectivity index (χ1) is 14.2. The van der Waals surface area contributed by atoms with Gasteiger partial charge in [0.2, 0.25) is 11.7 Å². The van der Waals surface area contributed by atoms with Crippen LogP contribution < -0.4 is 10.1 Å². The topological polar surface area (TPSA) is 82.2 Å². The molecule has 1 aromatic carbocycles. The van der Waals surface area contributed by atoms with Crippen LogP contribution in [0.2, 0.25) is 0 Å². The minimum atomic E-state index is -0.0853. The third kappa shape index (κ3) is 4.64. The van der Waals surface area contributed by atoms with Gasteiger partial charge in [-0.05, 0) is 49.2 Å². The maximum atomic E-state index is 12.4. The molecule has 4 rings (SSSR count). The Morgan fingerprint density at radius 1 is 1.21 bits per heavy atom. The highest BCUT2D eigenvalue weighted by Crippen LogP contribution is 2.35. The zero-order valence-corrected chi connectivity index (χ0v) is 17.2. The number of nitrogens with zero attached hydrogens (tertiary/aromatic N) is 3. The van der Waals surface area contributed by atoms with E-state index in [0.29, 0.717) is 11.8 Å². The Bertz CT molecular complexity index is 932. The number of carbonyl (C=O) groups excluding carboxylic acids is 1. The molecule has 0 saturated heterocycles. The second-order valence-corrected chi connectivity index (χ2v) is 7.95. The predicted molar refractivity (Wildman–Crippen MR) is 112 cm³/mol. The molecular weight excluding hydrogens is 388 g/mol. The van der Waals surface area contributed by atoms with Crippen molar-refractivity contribution in [2.75, 3.05) is 18.2 Å². The second kappa shape index (κ2) is 9.17. The number of anilines is 1. The maximum absolute atomic E-state index is 12.4. The van der Waals surface area contributed by atoms with E-state index in [9.17, 15) is 4.79 Å². The van der Waals surface area contributed by atoms with E-state index in [1.165, 1.54) is 31.0 Å². The molecule has 8 heteroatoms. The third-order valence-corrected chi connectivity index (χ3v) is 6.00. The quantitative estimate of drug-likeness (QED) is 0.562. The van der Waals surface area contributed by atoms with Gasteiger partial charge in [0.05, 0.1) is 19.1 Å². The highest BCUT2D eigenvalue weighted by atomic mass is 32.2. The normalized spacial score (nSPS) is 14.7. The smallest absolute Gasteiger partial charge is 0.234 e. The van der Waals surface area contributed by atoms with E-state index >= 15 is 0 Å². The van der Waals surface area contributed by atoms with E-state index in [2.05, 4.69) is 20.1 Å². The lowest BCUT2D eigenvalue weighted by molar-refractivity contribution is -0.113. The van der Waals surface area contributed by atoms with Gasteiger partial charge in [0.1, 0.15) is 5.75 Å². The first-order valence-electron chi connectivity index (χ1n) is 9.80. The molecule has 0 unspecified atom stereocenters. The molecule has 3 aromatic rings. The van der Waals surface area contributed by atoms with Gasteiger partial charge < -0.3 is 14.5 Å². The van der Waals surface area contributed by atoms with Crippen LogP contribution in [-0.2, 0) is 4.79 Å². The van der Waals surface area contributed by atoms with E-state index in [-0.39, 0.29) is 11.7 Å². The van der Waals surface area contributed by atoms with Crippen LogP contribution in [0.25, 0.3) is 11.6 Å². The van der Waals surface area contributed by atoms with Gasteiger partial charge in [-0.2, -0.15) is 0 Å². The van der Waals surface area contributed by atoms with Crippen LogP contribution in [0.1, 0.15) is 38.1 Å². The first-order valence-corrected chi connectivity index (χ1v) is 10.8. The summed E-state index contributed by atoms with van der Waals surface area (Å²) in [5.41, 5.74) is 0.737. The summed E-state index contributed by atoms with van der Waals surface area (Å²) >= 11 is 1.40. The number of hydrogen-bond acceptors (Lipinski definition) is 6. The van der Waals surface area contributed by atoms with Crippen LogP contribution in [0.15, 0.2) is 52.2 Å². The molecule has 1 saturated carbocycles. The van der Waals surface area contributed by atoms with E-state index in [1.54, 1.807) is 13.4 Å². The lowest BCUT2D eigenvalue weighted by Crippen LogP contribution is -2.17. The zero-order valence-electron chi connectivity index (χ0n) is 16.3. The molecule has 2 aromatic heterocycles. The predicted octanol–water partition coefficient (Wildman–Crippen LogP) is 4.78. The van der Waals surface area contributed by atoms with Gasteiger partial charge in [0.25, 0.3) is 0 Å². The van der Waals surface area contributed by atoms with Crippen molar-refractivity contribution in [1.29, 1.82) is 0 Å². The molecule has 1 N–H and O–H groups in total. The number of furan rings is 1.